The van der Waals surface area contributed by atoms with Crippen LogP contribution in [0.25, 0.3) is 0 Å². The molecular weight excluding hydrogens is 212 g/mol. The van der Waals surface area contributed by atoms with E-state index < -0.39 is 0 Å². The largest absolute Gasteiger partial charge is 0.337 e. The molecule has 1 aromatic rings. The molecule has 0 saturated carbocycles. The van der Waals surface area contributed by atoms with Gasteiger partial charge in [0.05, 0.1) is 12.0 Å². The highest BCUT2D eigenvalue weighted by Gasteiger charge is 2.18. The molecule has 0 radical (unpaired) electrons. The van der Waals surface area contributed by atoms with E-state index in [1.807, 2.05) is 6.33 Å². The summed E-state index contributed by atoms with van der Waals surface area (Å²) in [6.07, 6.45) is 10.3. The topological polar surface area (TPSA) is 47.1 Å². The van der Waals surface area contributed by atoms with E-state index in [0.29, 0.717) is 6.54 Å². The van der Waals surface area contributed by atoms with Crippen LogP contribution >= 0.6 is 0 Å². The zero-order chi connectivity index (χ0) is 12.1. The second-order valence-corrected chi connectivity index (χ2v) is 5.06. The molecule has 1 aromatic heterocycles. The lowest BCUT2D eigenvalue weighted by molar-refractivity contribution is 0.171. The smallest absolute Gasteiger partial charge is 0.0949 e. The molecule has 1 saturated heterocycles. The predicted molar refractivity (Wildman–Crippen MR) is 69.9 cm³/mol. The number of nitrogens with zero attached hydrogens (tertiary/aromatic N) is 3. The number of likely N-dealkylation sites (tertiary alicyclic amines) is 1. The lowest BCUT2D eigenvalue weighted by Crippen LogP contribution is -2.36. The number of hydrogen-bond acceptors (Lipinski definition) is 3. The van der Waals surface area contributed by atoms with Gasteiger partial charge in [-0.05, 0) is 39.4 Å². The molecule has 4 nitrogen and oxygen atoms in total. The molecule has 2 heterocycles. The van der Waals surface area contributed by atoms with Gasteiger partial charge in [-0.1, -0.05) is 6.42 Å². The minimum Gasteiger partial charge on any atom is -0.337 e. The molecule has 2 N–H and O–H groups in total. The van der Waals surface area contributed by atoms with Crippen molar-refractivity contribution in [1.82, 2.24) is 14.5 Å². The fourth-order valence-electron chi connectivity index (χ4n) is 2.61. The van der Waals surface area contributed by atoms with Crippen molar-refractivity contribution in [3.05, 3.63) is 18.2 Å². The summed E-state index contributed by atoms with van der Waals surface area (Å²) in [7, 11) is 2.25. The van der Waals surface area contributed by atoms with Gasteiger partial charge < -0.3 is 15.2 Å². The molecule has 0 spiro atoms. The van der Waals surface area contributed by atoms with Crippen molar-refractivity contribution in [2.75, 3.05) is 20.1 Å². The molecule has 0 aromatic carbocycles. The van der Waals surface area contributed by atoms with E-state index in [0.717, 1.165) is 24.7 Å². The summed E-state index contributed by atoms with van der Waals surface area (Å²) in [4.78, 5) is 6.86. The van der Waals surface area contributed by atoms with Crippen LogP contribution < -0.4 is 5.73 Å². The van der Waals surface area contributed by atoms with Crippen LogP contribution in [0.15, 0.2) is 12.5 Å². The van der Waals surface area contributed by atoms with Gasteiger partial charge in [0.25, 0.3) is 0 Å². The van der Waals surface area contributed by atoms with Crippen LogP contribution in [-0.2, 0) is 13.0 Å². The maximum absolute atomic E-state index is 5.52. The van der Waals surface area contributed by atoms with Crippen LogP contribution in [0.1, 0.15) is 31.4 Å². The van der Waals surface area contributed by atoms with Gasteiger partial charge in [0.15, 0.2) is 0 Å². The monoisotopic (exact) mass is 236 g/mol. The average molecular weight is 236 g/mol. The number of hydrogen-bond donors (Lipinski definition) is 1. The summed E-state index contributed by atoms with van der Waals surface area (Å²) in [6, 6.07) is 0.754. The lowest BCUT2D eigenvalue weighted by Gasteiger charge is -2.32. The van der Waals surface area contributed by atoms with Crippen LogP contribution in [0.2, 0.25) is 0 Å². The third-order valence-corrected chi connectivity index (χ3v) is 3.73. The van der Waals surface area contributed by atoms with Crippen molar-refractivity contribution in [3.8, 4) is 0 Å². The van der Waals surface area contributed by atoms with E-state index in [-0.39, 0.29) is 0 Å². The molecular formula is C13H24N4. The van der Waals surface area contributed by atoms with E-state index in [1.54, 1.807) is 0 Å². The standard InChI is InChI=1S/C13H24N4/c1-16-8-3-2-4-13(16)6-9-17-10-12(5-7-14)15-11-17/h10-11,13H,2-9,14H2,1H3. The Hall–Kier alpha value is -0.870. The third-order valence-electron chi connectivity index (χ3n) is 3.73. The number of piperidine rings is 1. The van der Waals surface area contributed by atoms with Crippen LogP contribution in [0.4, 0.5) is 0 Å². The first-order valence-corrected chi connectivity index (χ1v) is 6.70. The summed E-state index contributed by atoms with van der Waals surface area (Å²) < 4.78 is 2.20. The maximum atomic E-state index is 5.52. The Balaban J connectivity index is 1.79. The summed E-state index contributed by atoms with van der Waals surface area (Å²) >= 11 is 0. The molecule has 1 aliphatic rings. The molecule has 17 heavy (non-hydrogen) atoms. The normalized spacial score (nSPS) is 21.9. The van der Waals surface area contributed by atoms with Crippen molar-refractivity contribution in [2.24, 2.45) is 5.73 Å². The summed E-state index contributed by atoms with van der Waals surface area (Å²) in [5.74, 6) is 0. The first-order chi connectivity index (χ1) is 8.29. The van der Waals surface area contributed by atoms with Gasteiger partial charge in [-0.15, -0.1) is 0 Å². The quantitative estimate of drug-likeness (QED) is 0.837. The highest BCUT2D eigenvalue weighted by molar-refractivity contribution is 4.97. The Labute approximate surface area is 104 Å². The van der Waals surface area contributed by atoms with Gasteiger partial charge in [0.2, 0.25) is 0 Å². The lowest BCUT2D eigenvalue weighted by atomic mass is 10.0. The van der Waals surface area contributed by atoms with Crippen molar-refractivity contribution < 1.29 is 0 Å². The zero-order valence-electron chi connectivity index (χ0n) is 10.8. The second kappa shape index (κ2) is 6.17. The fourth-order valence-corrected chi connectivity index (χ4v) is 2.61. The van der Waals surface area contributed by atoms with Gasteiger partial charge in [-0.3, -0.25) is 0 Å². The highest BCUT2D eigenvalue weighted by atomic mass is 15.1. The summed E-state index contributed by atoms with van der Waals surface area (Å²) in [5, 5.41) is 0. The first-order valence-electron chi connectivity index (χ1n) is 6.70. The van der Waals surface area contributed by atoms with Gasteiger partial charge >= 0.3 is 0 Å². The molecule has 1 atom stereocenters. The number of imidazole rings is 1. The van der Waals surface area contributed by atoms with Crippen LogP contribution in [0.5, 0.6) is 0 Å². The Morgan fingerprint density at radius 1 is 1.47 bits per heavy atom. The van der Waals surface area contributed by atoms with Crippen molar-refractivity contribution >= 4 is 0 Å². The Bertz CT molecular complexity index is 334. The van der Waals surface area contributed by atoms with Crippen LogP contribution in [-0.4, -0.2) is 40.6 Å². The van der Waals surface area contributed by atoms with E-state index in [9.17, 15) is 0 Å². The van der Waals surface area contributed by atoms with Gasteiger partial charge in [0, 0.05) is 25.2 Å². The second-order valence-electron chi connectivity index (χ2n) is 5.06. The van der Waals surface area contributed by atoms with E-state index in [2.05, 4.69) is 27.7 Å². The Kier molecular flexibility index (Phi) is 4.57. The molecule has 96 valence electrons. The number of aryl methyl sites for hydroxylation is 1. The number of nitrogens with two attached hydrogens (primary N) is 1. The van der Waals surface area contributed by atoms with E-state index in [4.69, 9.17) is 5.73 Å². The summed E-state index contributed by atoms with van der Waals surface area (Å²) in [5.41, 5.74) is 6.64. The van der Waals surface area contributed by atoms with Crippen molar-refractivity contribution in [1.29, 1.82) is 0 Å². The van der Waals surface area contributed by atoms with Crippen molar-refractivity contribution in [3.63, 3.8) is 0 Å². The Morgan fingerprint density at radius 2 is 2.35 bits per heavy atom. The SMILES string of the molecule is CN1CCCCC1CCn1cnc(CCN)c1. The van der Waals surface area contributed by atoms with Crippen molar-refractivity contribution in [2.45, 2.75) is 44.7 Å². The van der Waals surface area contributed by atoms with Gasteiger partial charge in [-0.2, -0.15) is 0 Å². The number of rotatable bonds is 5. The molecule has 1 unspecified atom stereocenters. The Morgan fingerprint density at radius 3 is 3.12 bits per heavy atom. The minimum absolute atomic E-state index is 0.683. The molecule has 1 fully saturated rings. The summed E-state index contributed by atoms with van der Waals surface area (Å²) in [6.45, 7) is 3.02. The molecule has 0 aliphatic carbocycles. The van der Waals surface area contributed by atoms with Crippen LogP contribution in [0, 0.1) is 0 Å². The molecule has 0 bridgehead atoms. The maximum Gasteiger partial charge on any atom is 0.0949 e. The average Bonchev–Trinajstić information content (AvgIpc) is 2.76. The van der Waals surface area contributed by atoms with Gasteiger partial charge in [0.1, 0.15) is 0 Å². The number of aromatic nitrogens is 2. The van der Waals surface area contributed by atoms with Gasteiger partial charge in [-0.25, -0.2) is 4.98 Å². The van der Waals surface area contributed by atoms with E-state index >= 15 is 0 Å². The minimum atomic E-state index is 0.683. The molecule has 0 amide bonds. The third kappa shape index (κ3) is 3.54. The zero-order valence-corrected chi connectivity index (χ0v) is 10.8. The first kappa shape index (κ1) is 12.6. The molecule has 1 aliphatic heterocycles. The van der Waals surface area contributed by atoms with Crippen LogP contribution in [0.3, 0.4) is 0 Å². The molecule has 2 rings (SSSR count). The highest BCUT2D eigenvalue weighted by Crippen LogP contribution is 2.18. The van der Waals surface area contributed by atoms with E-state index in [1.165, 1.54) is 32.2 Å². The molecule has 4 heteroatoms. The predicted octanol–water partition coefficient (Wildman–Crippen LogP) is 1.26. The fraction of sp³-hybridized carbons (Fsp3) is 0.769.